The molecule has 0 aromatic carbocycles. The molecule has 0 atom stereocenters. The van der Waals surface area contributed by atoms with E-state index < -0.39 is 0 Å². The van der Waals surface area contributed by atoms with Gasteiger partial charge in [-0.3, -0.25) is 4.79 Å². The largest absolute Gasteiger partial charge is 0.396 e. The minimum Gasteiger partial charge on any atom is -0.396 e. The number of aliphatic hydroxyl groups is 1. The molecule has 0 saturated carbocycles. The van der Waals surface area contributed by atoms with Crippen LogP contribution in [-0.4, -0.2) is 36.1 Å². The van der Waals surface area contributed by atoms with Gasteiger partial charge in [0.25, 0.3) is 0 Å². The lowest BCUT2D eigenvalue weighted by molar-refractivity contribution is -0.130. The van der Waals surface area contributed by atoms with E-state index in [1.54, 1.807) is 11.3 Å². The topological polar surface area (TPSA) is 40.5 Å². The molecule has 0 saturated heterocycles. The highest BCUT2D eigenvalue weighted by Gasteiger charge is 2.08. The van der Waals surface area contributed by atoms with E-state index in [0.717, 1.165) is 42.4 Å². The second-order valence-electron chi connectivity index (χ2n) is 4.66. The van der Waals surface area contributed by atoms with Crippen molar-refractivity contribution in [1.29, 1.82) is 0 Å². The average molecular weight is 348 g/mol. The van der Waals surface area contributed by atoms with Crippen LogP contribution in [0, 0.1) is 0 Å². The molecule has 1 N–H and O–H groups in total. The van der Waals surface area contributed by atoms with Crippen molar-refractivity contribution in [2.75, 3.05) is 20.2 Å². The highest BCUT2D eigenvalue weighted by Crippen LogP contribution is 2.23. The first-order chi connectivity index (χ1) is 9.13. The fourth-order valence-corrected chi connectivity index (χ4v) is 3.38. The van der Waals surface area contributed by atoms with E-state index in [4.69, 9.17) is 5.11 Å². The molecule has 5 heteroatoms. The van der Waals surface area contributed by atoms with Gasteiger partial charge in [-0.05, 0) is 60.2 Å². The molecule has 19 heavy (non-hydrogen) atoms. The molecule has 0 aliphatic rings. The van der Waals surface area contributed by atoms with Crippen LogP contribution < -0.4 is 0 Å². The van der Waals surface area contributed by atoms with Gasteiger partial charge in [-0.15, -0.1) is 11.3 Å². The summed E-state index contributed by atoms with van der Waals surface area (Å²) in [4.78, 5) is 15.0. The molecule has 3 nitrogen and oxygen atoms in total. The summed E-state index contributed by atoms with van der Waals surface area (Å²) < 4.78 is 1.15. The first kappa shape index (κ1) is 16.7. The highest BCUT2D eigenvalue weighted by molar-refractivity contribution is 9.11. The van der Waals surface area contributed by atoms with Gasteiger partial charge in [-0.1, -0.05) is 0 Å². The molecule has 0 radical (unpaired) electrons. The van der Waals surface area contributed by atoms with Crippen LogP contribution in [-0.2, 0) is 11.2 Å². The van der Waals surface area contributed by atoms with Gasteiger partial charge < -0.3 is 10.0 Å². The Bertz CT molecular complexity index is 381. The lowest BCUT2D eigenvalue weighted by Gasteiger charge is -2.16. The summed E-state index contributed by atoms with van der Waals surface area (Å²) in [7, 11) is 1.86. The van der Waals surface area contributed by atoms with Crippen molar-refractivity contribution in [3.63, 3.8) is 0 Å². The zero-order valence-electron chi connectivity index (χ0n) is 11.4. The Hall–Kier alpha value is -0.390. The van der Waals surface area contributed by atoms with Crippen LogP contribution in [0.2, 0.25) is 0 Å². The molecule has 1 heterocycles. The van der Waals surface area contributed by atoms with E-state index >= 15 is 0 Å². The van der Waals surface area contributed by atoms with E-state index in [9.17, 15) is 4.79 Å². The van der Waals surface area contributed by atoms with Gasteiger partial charge in [0.2, 0.25) is 5.91 Å². The Morgan fingerprint density at radius 2 is 2.11 bits per heavy atom. The maximum atomic E-state index is 11.9. The summed E-state index contributed by atoms with van der Waals surface area (Å²) in [5.41, 5.74) is 0. The number of aliphatic hydroxyl groups excluding tert-OH is 1. The summed E-state index contributed by atoms with van der Waals surface area (Å²) >= 11 is 5.18. The van der Waals surface area contributed by atoms with Crippen LogP contribution in [0.3, 0.4) is 0 Å². The molecule has 0 bridgehead atoms. The quantitative estimate of drug-likeness (QED) is 0.695. The van der Waals surface area contributed by atoms with Crippen LogP contribution in [0.4, 0.5) is 0 Å². The minimum absolute atomic E-state index is 0.222. The normalized spacial score (nSPS) is 10.7. The smallest absolute Gasteiger partial charge is 0.222 e. The summed E-state index contributed by atoms with van der Waals surface area (Å²) in [6, 6.07) is 4.16. The third-order valence-corrected chi connectivity index (χ3v) is 4.70. The van der Waals surface area contributed by atoms with E-state index in [2.05, 4.69) is 28.1 Å². The maximum Gasteiger partial charge on any atom is 0.222 e. The Kier molecular flexibility index (Phi) is 8.34. The van der Waals surface area contributed by atoms with Crippen LogP contribution in [0.5, 0.6) is 0 Å². The van der Waals surface area contributed by atoms with Gasteiger partial charge in [0.05, 0.1) is 3.79 Å². The molecule has 108 valence electrons. The molecule has 1 aromatic heterocycles. The molecule has 0 unspecified atom stereocenters. The Morgan fingerprint density at radius 3 is 2.74 bits per heavy atom. The molecule has 0 aliphatic heterocycles. The third-order valence-electron chi connectivity index (χ3n) is 3.02. The van der Waals surface area contributed by atoms with E-state index in [0.29, 0.717) is 6.42 Å². The van der Waals surface area contributed by atoms with Crippen molar-refractivity contribution in [2.45, 2.75) is 38.5 Å². The van der Waals surface area contributed by atoms with E-state index in [1.807, 2.05) is 11.9 Å². The molecule has 1 rings (SSSR count). The predicted molar refractivity (Wildman–Crippen MR) is 83.5 cm³/mol. The molecule has 1 amide bonds. The molecular weight excluding hydrogens is 326 g/mol. The monoisotopic (exact) mass is 347 g/mol. The van der Waals surface area contributed by atoms with Gasteiger partial charge >= 0.3 is 0 Å². The maximum absolute atomic E-state index is 11.9. The van der Waals surface area contributed by atoms with Crippen molar-refractivity contribution in [1.82, 2.24) is 4.90 Å². The second-order valence-corrected chi connectivity index (χ2v) is 7.21. The third kappa shape index (κ3) is 7.09. The molecule has 0 aliphatic carbocycles. The van der Waals surface area contributed by atoms with Gasteiger partial charge in [-0.25, -0.2) is 0 Å². The summed E-state index contributed by atoms with van der Waals surface area (Å²) in [6.07, 6.45) is 5.28. The second kappa shape index (κ2) is 9.50. The number of hydrogen-bond acceptors (Lipinski definition) is 3. The van der Waals surface area contributed by atoms with Crippen molar-refractivity contribution < 1.29 is 9.90 Å². The van der Waals surface area contributed by atoms with Gasteiger partial charge in [0.15, 0.2) is 0 Å². The minimum atomic E-state index is 0.222. The van der Waals surface area contributed by atoms with Crippen LogP contribution in [0.25, 0.3) is 0 Å². The van der Waals surface area contributed by atoms with Gasteiger partial charge in [0, 0.05) is 31.5 Å². The lowest BCUT2D eigenvalue weighted by atomic mass is 10.2. The number of halogens is 1. The van der Waals surface area contributed by atoms with Crippen molar-refractivity contribution in [3.05, 3.63) is 20.8 Å². The first-order valence-corrected chi connectivity index (χ1v) is 8.33. The summed E-state index contributed by atoms with van der Waals surface area (Å²) in [6.45, 7) is 1.04. The SMILES string of the molecule is CN(CCCCCO)C(=O)CCCc1ccc(Br)s1. The van der Waals surface area contributed by atoms with Crippen LogP contribution in [0.15, 0.2) is 15.9 Å². The van der Waals surface area contributed by atoms with Crippen LogP contribution >= 0.6 is 27.3 Å². The number of thiophene rings is 1. The molecular formula is C14H22BrNO2S. The number of unbranched alkanes of at least 4 members (excludes halogenated alkanes) is 2. The van der Waals surface area contributed by atoms with E-state index in [1.165, 1.54) is 4.88 Å². The fraction of sp³-hybridized carbons (Fsp3) is 0.643. The lowest BCUT2D eigenvalue weighted by Crippen LogP contribution is -2.27. The average Bonchev–Trinajstić information content (AvgIpc) is 2.80. The number of hydrogen-bond donors (Lipinski definition) is 1. The molecule has 0 spiro atoms. The Morgan fingerprint density at radius 1 is 1.32 bits per heavy atom. The summed E-state index contributed by atoms with van der Waals surface area (Å²) in [5.74, 6) is 0.222. The van der Waals surface area contributed by atoms with Crippen molar-refractivity contribution >= 4 is 33.2 Å². The number of nitrogens with zero attached hydrogens (tertiary/aromatic N) is 1. The standard InChI is InChI=1S/C14H22BrNO2S/c1-16(10-3-2-4-11-17)14(18)7-5-6-12-8-9-13(15)19-12/h8-9,17H,2-7,10-11H2,1H3. The van der Waals surface area contributed by atoms with E-state index in [-0.39, 0.29) is 12.5 Å². The first-order valence-electron chi connectivity index (χ1n) is 6.72. The number of aryl methyl sites for hydroxylation is 1. The Labute approximate surface area is 127 Å². The van der Waals surface area contributed by atoms with Crippen molar-refractivity contribution in [2.24, 2.45) is 0 Å². The molecule has 1 aromatic rings. The van der Waals surface area contributed by atoms with Gasteiger partial charge in [-0.2, -0.15) is 0 Å². The fourth-order valence-electron chi connectivity index (χ4n) is 1.85. The number of carbonyl (C=O) groups is 1. The number of amides is 1. The number of carbonyl (C=O) groups excluding carboxylic acids is 1. The number of rotatable bonds is 9. The predicted octanol–water partition coefficient (Wildman–Crippen LogP) is 3.45. The van der Waals surface area contributed by atoms with Gasteiger partial charge in [0.1, 0.15) is 0 Å². The highest BCUT2D eigenvalue weighted by atomic mass is 79.9. The van der Waals surface area contributed by atoms with Crippen LogP contribution in [0.1, 0.15) is 37.0 Å². The zero-order valence-corrected chi connectivity index (χ0v) is 13.8. The zero-order chi connectivity index (χ0) is 14.1. The Balaban J connectivity index is 2.12. The summed E-state index contributed by atoms with van der Waals surface area (Å²) in [5, 5.41) is 8.68. The van der Waals surface area contributed by atoms with Crippen molar-refractivity contribution in [3.8, 4) is 0 Å². The molecule has 0 fully saturated rings.